The summed E-state index contributed by atoms with van der Waals surface area (Å²) in [5.74, 6) is -2.22. The topological polar surface area (TPSA) is 80.8 Å². The molecule has 0 N–H and O–H groups in total. The molecule has 1 atom stereocenters. The quantitative estimate of drug-likeness (QED) is 0.529. The number of benzene rings is 2. The van der Waals surface area contributed by atoms with E-state index in [1.165, 1.54) is 46.8 Å². The molecule has 1 aliphatic heterocycles. The van der Waals surface area contributed by atoms with Crippen molar-refractivity contribution in [1.29, 1.82) is 0 Å². The lowest BCUT2D eigenvalue weighted by molar-refractivity contribution is 0.0473. The molecule has 3 rings (SSSR count). The average molecular weight is 419 g/mol. The van der Waals surface area contributed by atoms with E-state index in [2.05, 4.69) is 0 Å². The second kappa shape index (κ2) is 8.84. The van der Waals surface area contributed by atoms with Crippen molar-refractivity contribution in [3.63, 3.8) is 0 Å². The molecular formula is C21H22FNO5S. The van der Waals surface area contributed by atoms with Crippen LogP contribution >= 0.6 is 0 Å². The first-order chi connectivity index (χ1) is 13.8. The number of nitrogens with zero attached hydrogens (tertiary/aromatic N) is 1. The number of sulfonamides is 1. The number of rotatable bonds is 6. The molecular weight excluding hydrogens is 397 g/mol. The molecule has 2 aromatic rings. The molecule has 0 radical (unpaired) electrons. The molecule has 0 bridgehead atoms. The lowest BCUT2D eigenvalue weighted by Crippen LogP contribution is -2.41. The zero-order valence-electron chi connectivity index (χ0n) is 16.0. The second-order valence-electron chi connectivity index (χ2n) is 6.97. The summed E-state index contributed by atoms with van der Waals surface area (Å²) < 4.78 is 45.9. The Bertz CT molecular complexity index is 1020. The monoisotopic (exact) mass is 419 g/mol. The Morgan fingerprint density at radius 1 is 1.14 bits per heavy atom. The highest BCUT2D eigenvalue weighted by Gasteiger charge is 2.31. The van der Waals surface area contributed by atoms with Gasteiger partial charge in [-0.05, 0) is 50.1 Å². The smallest absolute Gasteiger partial charge is 0.338 e. The van der Waals surface area contributed by atoms with Gasteiger partial charge in [-0.25, -0.2) is 17.6 Å². The van der Waals surface area contributed by atoms with E-state index in [0.29, 0.717) is 6.54 Å². The van der Waals surface area contributed by atoms with Gasteiger partial charge in [0.05, 0.1) is 16.0 Å². The van der Waals surface area contributed by atoms with E-state index in [4.69, 9.17) is 4.74 Å². The largest absolute Gasteiger partial charge is 0.454 e. The molecule has 1 aliphatic rings. The summed E-state index contributed by atoms with van der Waals surface area (Å²) >= 11 is 0. The highest BCUT2D eigenvalue weighted by atomic mass is 32.2. The van der Waals surface area contributed by atoms with Crippen LogP contribution in [0.1, 0.15) is 46.9 Å². The fraction of sp³-hybridized carbons (Fsp3) is 0.333. The van der Waals surface area contributed by atoms with Gasteiger partial charge in [0, 0.05) is 12.6 Å². The molecule has 1 heterocycles. The van der Waals surface area contributed by atoms with Crippen molar-refractivity contribution in [2.45, 2.75) is 37.1 Å². The number of hydrogen-bond acceptors (Lipinski definition) is 5. The Labute approximate surface area is 169 Å². The highest BCUT2D eigenvalue weighted by Crippen LogP contribution is 2.25. The summed E-state index contributed by atoms with van der Waals surface area (Å²) in [5.41, 5.74) is -0.159. The van der Waals surface area contributed by atoms with Crippen molar-refractivity contribution in [1.82, 2.24) is 4.31 Å². The fourth-order valence-electron chi connectivity index (χ4n) is 3.33. The van der Waals surface area contributed by atoms with E-state index in [1.807, 2.05) is 6.92 Å². The van der Waals surface area contributed by atoms with E-state index < -0.39 is 34.2 Å². The van der Waals surface area contributed by atoms with Gasteiger partial charge in [-0.1, -0.05) is 24.6 Å². The molecule has 2 aromatic carbocycles. The van der Waals surface area contributed by atoms with Crippen molar-refractivity contribution < 1.29 is 27.1 Å². The van der Waals surface area contributed by atoms with E-state index >= 15 is 0 Å². The number of piperidine rings is 1. The Morgan fingerprint density at radius 2 is 1.90 bits per heavy atom. The van der Waals surface area contributed by atoms with Crippen LogP contribution in [0.25, 0.3) is 0 Å². The molecule has 8 heteroatoms. The van der Waals surface area contributed by atoms with Crippen molar-refractivity contribution in [3.05, 3.63) is 65.5 Å². The predicted octanol–water partition coefficient (Wildman–Crippen LogP) is 3.43. The molecule has 0 amide bonds. The summed E-state index contributed by atoms with van der Waals surface area (Å²) in [6, 6.07) is 10.8. The average Bonchev–Trinajstić information content (AvgIpc) is 2.72. The minimum Gasteiger partial charge on any atom is -0.454 e. The van der Waals surface area contributed by atoms with Crippen LogP contribution < -0.4 is 0 Å². The second-order valence-corrected chi connectivity index (χ2v) is 8.86. The van der Waals surface area contributed by atoms with E-state index in [9.17, 15) is 22.4 Å². The molecule has 0 spiro atoms. The number of hydrogen-bond donors (Lipinski definition) is 0. The van der Waals surface area contributed by atoms with Crippen molar-refractivity contribution in [2.75, 3.05) is 13.2 Å². The standard InChI is InChI=1S/C21H22FNO5S/c1-15-7-4-5-12-23(15)29(26,27)17-9-6-8-16(13-17)21(25)28-14-20(24)18-10-2-3-11-19(18)22/h2-3,6,8-11,13,15H,4-5,7,12,14H2,1H3/t15-/m0/s1. The third-order valence-corrected chi connectivity index (χ3v) is 6.94. The fourth-order valence-corrected chi connectivity index (χ4v) is 5.07. The molecule has 6 nitrogen and oxygen atoms in total. The first-order valence-electron chi connectivity index (χ1n) is 9.37. The van der Waals surface area contributed by atoms with Gasteiger partial charge in [0.15, 0.2) is 6.61 Å². The van der Waals surface area contributed by atoms with Gasteiger partial charge in [0.25, 0.3) is 0 Å². The Morgan fingerprint density at radius 3 is 2.62 bits per heavy atom. The van der Waals surface area contributed by atoms with E-state index in [-0.39, 0.29) is 22.1 Å². The Hall–Kier alpha value is -2.58. The zero-order valence-corrected chi connectivity index (χ0v) is 16.8. The maximum atomic E-state index is 13.6. The first kappa shape index (κ1) is 21.1. The summed E-state index contributed by atoms with van der Waals surface area (Å²) in [6.45, 7) is 1.67. The molecule has 0 aliphatic carbocycles. The van der Waals surface area contributed by atoms with Crippen LogP contribution in [-0.2, 0) is 14.8 Å². The number of halogens is 1. The van der Waals surface area contributed by atoms with Crippen LogP contribution in [0.2, 0.25) is 0 Å². The predicted molar refractivity (Wildman–Crippen MR) is 105 cm³/mol. The van der Waals surface area contributed by atoms with Gasteiger partial charge in [0.1, 0.15) is 5.82 Å². The molecule has 1 saturated heterocycles. The summed E-state index contributed by atoms with van der Waals surface area (Å²) in [4.78, 5) is 24.4. The number of ketones is 1. The lowest BCUT2D eigenvalue weighted by atomic mass is 10.1. The third kappa shape index (κ3) is 4.71. The minimum atomic E-state index is -3.74. The molecule has 154 valence electrons. The Balaban J connectivity index is 1.72. The van der Waals surface area contributed by atoms with Gasteiger partial charge in [-0.3, -0.25) is 4.79 Å². The van der Waals surface area contributed by atoms with Gasteiger partial charge < -0.3 is 4.74 Å². The lowest BCUT2D eigenvalue weighted by Gasteiger charge is -2.32. The molecule has 0 aromatic heterocycles. The van der Waals surface area contributed by atoms with Crippen LogP contribution in [0.4, 0.5) is 4.39 Å². The SMILES string of the molecule is C[C@H]1CCCCN1S(=O)(=O)c1cccc(C(=O)OCC(=O)c2ccccc2F)c1. The van der Waals surface area contributed by atoms with Crippen LogP contribution in [0, 0.1) is 5.82 Å². The van der Waals surface area contributed by atoms with Crippen molar-refractivity contribution in [3.8, 4) is 0 Å². The number of carbonyl (C=O) groups excluding carboxylic acids is 2. The molecule has 1 fully saturated rings. The van der Waals surface area contributed by atoms with Gasteiger partial charge in [-0.15, -0.1) is 0 Å². The Kier molecular flexibility index (Phi) is 6.44. The number of Topliss-reactive ketones (excluding diaryl/α,β-unsaturated/α-hetero) is 1. The first-order valence-corrected chi connectivity index (χ1v) is 10.8. The maximum absolute atomic E-state index is 13.6. The zero-order chi connectivity index (χ0) is 21.0. The summed E-state index contributed by atoms with van der Waals surface area (Å²) in [6.07, 6.45) is 2.57. The number of carbonyl (C=O) groups is 2. The van der Waals surface area contributed by atoms with E-state index in [0.717, 1.165) is 25.3 Å². The van der Waals surface area contributed by atoms with Crippen LogP contribution in [0.3, 0.4) is 0 Å². The highest BCUT2D eigenvalue weighted by molar-refractivity contribution is 7.89. The van der Waals surface area contributed by atoms with E-state index in [1.54, 1.807) is 0 Å². The van der Waals surface area contributed by atoms with Gasteiger partial charge in [0.2, 0.25) is 15.8 Å². The summed E-state index contributed by atoms with van der Waals surface area (Å²) in [5, 5.41) is 0. The normalized spacial score (nSPS) is 17.7. The molecule has 0 unspecified atom stereocenters. The van der Waals surface area contributed by atoms with Gasteiger partial charge in [-0.2, -0.15) is 4.31 Å². The maximum Gasteiger partial charge on any atom is 0.338 e. The van der Waals surface area contributed by atoms with Crippen molar-refractivity contribution in [2.24, 2.45) is 0 Å². The molecule has 0 saturated carbocycles. The molecule has 29 heavy (non-hydrogen) atoms. The van der Waals surface area contributed by atoms with Gasteiger partial charge >= 0.3 is 5.97 Å². The third-order valence-electron chi connectivity index (χ3n) is 4.93. The van der Waals surface area contributed by atoms with Crippen LogP contribution in [0.15, 0.2) is 53.4 Å². The minimum absolute atomic E-state index is 0.00105. The van der Waals surface area contributed by atoms with Crippen LogP contribution in [0.5, 0.6) is 0 Å². The number of esters is 1. The summed E-state index contributed by atoms with van der Waals surface area (Å²) in [7, 11) is -3.74. The van der Waals surface area contributed by atoms with Crippen LogP contribution in [-0.4, -0.2) is 43.7 Å². The van der Waals surface area contributed by atoms with Crippen molar-refractivity contribution >= 4 is 21.8 Å². The number of ether oxygens (including phenoxy) is 1.